The number of carbonyl (C=O) groups is 4. The van der Waals surface area contributed by atoms with Gasteiger partial charge in [0.25, 0.3) is 0 Å². The zero-order valence-corrected chi connectivity index (χ0v) is 27.5. The molecule has 6 unspecified atom stereocenters. The summed E-state index contributed by atoms with van der Waals surface area (Å²) in [5.41, 5.74) is 0.820. The van der Waals surface area contributed by atoms with Gasteiger partial charge in [0.15, 0.2) is 11.5 Å². The molecule has 2 heterocycles. The summed E-state index contributed by atoms with van der Waals surface area (Å²) >= 11 is 12.5. The number of carbonyl (C=O) groups excluding carboxylic acids is 4. The molecule has 2 N–H and O–H groups in total. The quantitative estimate of drug-likeness (QED) is 0.239. The Bertz CT molecular complexity index is 1930. The topological polar surface area (TPSA) is 124 Å². The van der Waals surface area contributed by atoms with Crippen molar-refractivity contribution >= 4 is 52.5 Å². The van der Waals surface area contributed by atoms with E-state index < -0.39 is 52.6 Å². The summed E-state index contributed by atoms with van der Waals surface area (Å²) in [5, 5.41) is 19.9. The first kappa shape index (κ1) is 32.2. The smallest absolute Gasteiger partial charge is 0.241 e. The molecule has 9 nitrogen and oxygen atoms in total. The number of hydrogen-bond acceptors (Lipinski definition) is 7. The SMILES string of the molecule is COc1cc(C2C3=CCC4C(=O)N(CCc5ccc(O)cc5)C(=O)C4C3CC3C(=O)N(c4ccc(F)c(Cl)c4)C(=O)C32C)cc(Cl)c1O. The average molecular weight is 694 g/mol. The van der Waals surface area contributed by atoms with Crippen molar-refractivity contribution in [3.8, 4) is 17.2 Å². The molecule has 7 rings (SSSR count). The standard InChI is InChI=1S/C36H31Cl2FN2O7/c1-36-24(33(45)41(35(36)47)19-5-10-27(39)25(37)15-19)16-23-21(30(36)18-13-26(38)31(43)28(14-18)48-2)8-9-22-29(23)34(46)40(32(22)44)12-11-17-3-6-20(42)7-4-17/h3-8,10,13-15,22-24,29-30,42-43H,9,11-12,16H2,1-2H3. The molecule has 4 aliphatic rings. The normalized spacial score (nSPS) is 27.9. The van der Waals surface area contributed by atoms with Crippen LogP contribution in [0, 0.1) is 34.9 Å². The molecule has 12 heteroatoms. The number of phenolic OH excluding ortho intramolecular Hbond substituents is 2. The monoisotopic (exact) mass is 692 g/mol. The van der Waals surface area contributed by atoms with Crippen molar-refractivity contribution in [1.29, 1.82) is 0 Å². The van der Waals surface area contributed by atoms with Gasteiger partial charge in [0.2, 0.25) is 23.6 Å². The number of imide groups is 2. The molecule has 6 atom stereocenters. The van der Waals surface area contributed by atoms with Crippen molar-refractivity contribution in [2.24, 2.45) is 29.1 Å². The molecule has 2 aliphatic carbocycles. The van der Waals surface area contributed by atoms with Crippen LogP contribution in [0.1, 0.15) is 36.8 Å². The molecule has 0 aromatic heterocycles. The van der Waals surface area contributed by atoms with Gasteiger partial charge in [-0.1, -0.05) is 47.0 Å². The minimum Gasteiger partial charge on any atom is -0.508 e. The van der Waals surface area contributed by atoms with Crippen LogP contribution < -0.4 is 9.64 Å². The third-order valence-corrected chi connectivity index (χ3v) is 11.3. The van der Waals surface area contributed by atoms with Crippen LogP contribution in [0.2, 0.25) is 10.0 Å². The van der Waals surface area contributed by atoms with Gasteiger partial charge in [0.05, 0.1) is 46.0 Å². The Kier molecular flexibility index (Phi) is 7.79. The maximum Gasteiger partial charge on any atom is 0.241 e. The fourth-order valence-corrected chi connectivity index (χ4v) is 8.76. The van der Waals surface area contributed by atoms with E-state index in [-0.39, 0.29) is 64.2 Å². The van der Waals surface area contributed by atoms with Crippen LogP contribution in [0.3, 0.4) is 0 Å². The van der Waals surface area contributed by atoms with Crippen LogP contribution >= 0.6 is 23.2 Å². The van der Waals surface area contributed by atoms with Crippen LogP contribution in [-0.2, 0) is 25.6 Å². The summed E-state index contributed by atoms with van der Waals surface area (Å²) in [5.74, 6) is -6.12. The average Bonchev–Trinajstić information content (AvgIpc) is 3.42. The third-order valence-electron chi connectivity index (χ3n) is 10.7. The third kappa shape index (κ3) is 4.71. The summed E-state index contributed by atoms with van der Waals surface area (Å²) in [7, 11) is 1.37. The van der Waals surface area contributed by atoms with E-state index in [2.05, 4.69) is 0 Å². The van der Waals surface area contributed by atoms with Crippen LogP contribution in [0.15, 0.2) is 66.2 Å². The van der Waals surface area contributed by atoms with Gasteiger partial charge in [0.1, 0.15) is 11.6 Å². The van der Waals surface area contributed by atoms with E-state index in [1.165, 1.54) is 30.2 Å². The Hall–Kier alpha value is -4.41. The van der Waals surface area contributed by atoms with E-state index in [4.69, 9.17) is 27.9 Å². The second-order valence-electron chi connectivity index (χ2n) is 13.1. The van der Waals surface area contributed by atoms with Crippen LogP contribution in [0.25, 0.3) is 0 Å². The number of methoxy groups -OCH3 is 1. The molecule has 3 fully saturated rings. The molecule has 248 valence electrons. The number of rotatable bonds is 6. The number of ether oxygens (including phenoxy) is 1. The number of phenols is 2. The number of nitrogens with zero attached hydrogens (tertiary/aromatic N) is 2. The number of allylic oxidation sites excluding steroid dienone is 2. The first-order valence-electron chi connectivity index (χ1n) is 15.6. The molecule has 3 aromatic carbocycles. The Morgan fingerprint density at radius 2 is 1.67 bits per heavy atom. The number of amides is 4. The molecule has 1 saturated carbocycles. The lowest BCUT2D eigenvalue weighted by molar-refractivity contribution is -0.140. The summed E-state index contributed by atoms with van der Waals surface area (Å²) < 4.78 is 19.5. The van der Waals surface area contributed by atoms with Crippen molar-refractivity contribution in [1.82, 2.24) is 4.90 Å². The molecular weight excluding hydrogens is 662 g/mol. The highest BCUT2D eigenvalue weighted by Crippen LogP contribution is 2.64. The predicted molar refractivity (Wildman–Crippen MR) is 174 cm³/mol. The van der Waals surface area contributed by atoms with E-state index in [9.17, 15) is 33.8 Å². The number of benzene rings is 3. The Balaban J connectivity index is 1.32. The highest BCUT2D eigenvalue weighted by molar-refractivity contribution is 6.32. The molecule has 2 aliphatic heterocycles. The van der Waals surface area contributed by atoms with Gasteiger partial charge in [-0.3, -0.25) is 24.1 Å². The number of halogens is 3. The number of aromatic hydroxyl groups is 2. The van der Waals surface area contributed by atoms with Crippen molar-refractivity contribution in [2.45, 2.75) is 32.1 Å². The van der Waals surface area contributed by atoms with Gasteiger partial charge in [-0.25, -0.2) is 9.29 Å². The van der Waals surface area contributed by atoms with E-state index in [1.807, 2.05) is 6.08 Å². The van der Waals surface area contributed by atoms with E-state index in [1.54, 1.807) is 37.3 Å². The fraction of sp³-hybridized carbons (Fsp3) is 0.333. The lowest BCUT2D eigenvalue weighted by Gasteiger charge is -2.49. The Morgan fingerprint density at radius 1 is 0.938 bits per heavy atom. The lowest BCUT2D eigenvalue weighted by Crippen LogP contribution is -2.48. The van der Waals surface area contributed by atoms with E-state index in [0.29, 0.717) is 12.0 Å². The summed E-state index contributed by atoms with van der Waals surface area (Å²) in [4.78, 5) is 59.1. The molecule has 0 bridgehead atoms. The maximum absolute atomic E-state index is 14.6. The number of anilines is 1. The molecule has 0 radical (unpaired) electrons. The number of fused-ring (bicyclic) bond motifs is 4. The predicted octanol–water partition coefficient (Wildman–Crippen LogP) is 6.03. The van der Waals surface area contributed by atoms with Gasteiger partial charge in [-0.05, 0) is 85.7 Å². The van der Waals surface area contributed by atoms with Crippen molar-refractivity contribution in [3.05, 3.63) is 93.2 Å². The van der Waals surface area contributed by atoms with E-state index in [0.717, 1.165) is 22.1 Å². The van der Waals surface area contributed by atoms with Gasteiger partial charge < -0.3 is 14.9 Å². The van der Waals surface area contributed by atoms with E-state index >= 15 is 0 Å². The minimum absolute atomic E-state index is 0.0209. The van der Waals surface area contributed by atoms with Crippen LogP contribution in [-0.4, -0.2) is 52.4 Å². The molecule has 0 spiro atoms. The highest BCUT2D eigenvalue weighted by atomic mass is 35.5. The van der Waals surface area contributed by atoms with Crippen molar-refractivity contribution < 1.29 is 38.5 Å². The fourth-order valence-electron chi connectivity index (χ4n) is 8.37. The van der Waals surface area contributed by atoms with Crippen LogP contribution in [0.4, 0.5) is 10.1 Å². The number of hydrogen-bond donors (Lipinski definition) is 2. The lowest BCUT2D eigenvalue weighted by atomic mass is 9.51. The second-order valence-corrected chi connectivity index (χ2v) is 13.9. The highest BCUT2D eigenvalue weighted by Gasteiger charge is 2.67. The summed E-state index contributed by atoms with van der Waals surface area (Å²) in [6.07, 6.45) is 2.70. The van der Waals surface area contributed by atoms with Crippen molar-refractivity contribution in [2.75, 3.05) is 18.6 Å². The molecule has 3 aromatic rings. The molecule has 4 amide bonds. The number of likely N-dealkylation sites (tertiary alicyclic amines) is 1. The van der Waals surface area contributed by atoms with Crippen LogP contribution in [0.5, 0.6) is 17.2 Å². The minimum atomic E-state index is -1.39. The van der Waals surface area contributed by atoms with Gasteiger partial charge >= 0.3 is 0 Å². The van der Waals surface area contributed by atoms with Gasteiger partial charge in [-0.2, -0.15) is 0 Å². The Morgan fingerprint density at radius 3 is 2.35 bits per heavy atom. The van der Waals surface area contributed by atoms with Gasteiger partial charge in [-0.15, -0.1) is 0 Å². The largest absolute Gasteiger partial charge is 0.508 e. The molecular formula is C36H31Cl2FN2O7. The first-order valence-corrected chi connectivity index (χ1v) is 16.3. The second kappa shape index (κ2) is 11.6. The first-order chi connectivity index (χ1) is 22.9. The maximum atomic E-state index is 14.6. The summed E-state index contributed by atoms with van der Waals surface area (Å²) in [6.45, 7) is 1.86. The molecule has 48 heavy (non-hydrogen) atoms. The molecule has 2 saturated heterocycles. The zero-order valence-electron chi connectivity index (χ0n) is 26.0. The summed E-state index contributed by atoms with van der Waals surface area (Å²) in [6, 6.07) is 13.3. The van der Waals surface area contributed by atoms with Crippen molar-refractivity contribution in [3.63, 3.8) is 0 Å². The zero-order chi connectivity index (χ0) is 34.2. The van der Waals surface area contributed by atoms with Gasteiger partial charge in [0, 0.05) is 12.5 Å². The Labute approximate surface area is 285 Å².